The molecule has 0 saturated carbocycles. The zero-order chi connectivity index (χ0) is 21.1. The summed E-state index contributed by atoms with van der Waals surface area (Å²) in [7, 11) is 0. The molecule has 0 aliphatic carbocycles. The third kappa shape index (κ3) is 3.85. The number of para-hydroxylation sites is 2. The molecular weight excluding hydrogens is 376 g/mol. The van der Waals surface area contributed by atoms with Crippen LogP contribution in [0.15, 0.2) is 72.8 Å². The van der Waals surface area contributed by atoms with E-state index in [1.54, 1.807) is 19.1 Å². The summed E-state index contributed by atoms with van der Waals surface area (Å²) in [6.45, 7) is 4.64. The molecule has 30 heavy (non-hydrogen) atoms. The second-order valence-corrected chi connectivity index (χ2v) is 7.17. The van der Waals surface area contributed by atoms with Gasteiger partial charge in [-0.3, -0.25) is 4.79 Å². The number of hydrogen-bond donors (Lipinski definition) is 3. The molecule has 3 N–H and O–H groups in total. The van der Waals surface area contributed by atoms with Crippen LogP contribution >= 0.6 is 0 Å². The van der Waals surface area contributed by atoms with Gasteiger partial charge in [-0.1, -0.05) is 36.4 Å². The third-order valence-electron chi connectivity index (χ3n) is 5.13. The molecule has 0 aliphatic heterocycles. The second-order valence-electron chi connectivity index (χ2n) is 7.17. The Morgan fingerprint density at radius 3 is 2.30 bits per heavy atom. The van der Waals surface area contributed by atoms with Crippen molar-refractivity contribution < 1.29 is 9.59 Å². The van der Waals surface area contributed by atoms with Gasteiger partial charge in [-0.15, -0.1) is 0 Å². The Kier molecular flexibility index (Phi) is 5.39. The summed E-state index contributed by atoms with van der Waals surface area (Å²) in [6, 6.07) is 22.1. The van der Waals surface area contributed by atoms with Crippen molar-refractivity contribution in [1.29, 1.82) is 0 Å². The van der Waals surface area contributed by atoms with Gasteiger partial charge in [0.15, 0.2) is 0 Å². The Balaban J connectivity index is 1.48. The molecule has 0 fully saturated rings. The van der Waals surface area contributed by atoms with Crippen LogP contribution in [0.2, 0.25) is 0 Å². The molecule has 0 bridgehead atoms. The van der Waals surface area contributed by atoms with Crippen LogP contribution in [-0.4, -0.2) is 22.5 Å². The van der Waals surface area contributed by atoms with Gasteiger partial charge in [0.2, 0.25) is 5.91 Å². The summed E-state index contributed by atoms with van der Waals surface area (Å²) in [4.78, 5) is 24.7. The topological polar surface area (TPSA) is 75.2 Å². The van der Waals surface area contributed by atoms with Crippen LogP contribution in [0, 0.1) is 0 Å². The van der Waals surface area contributed by atoms with Crippen molar-refractivity contribution in [2.24, 2.45) is 0 Å². The second kappa shape index (κ2) is 8.29. The number of benzene rings is 3. The maximum absolute atomic E-state index is 12.6. The van der Waals surface area contributed by atoms with Crippen LogP contribution in [0.1, 0.15) is 13.8 Å². The van der Waals surface area contributed by atoms with E-state index in [1.807, 2.05) is 48.5 Å². The van der Waals surface area contributed by atoms with Gasteiger partial charge in [0.25, 0.3) is 0 Å². The smallest absolute Gasteiger partial charge is 0.319 e. The Morgan fingerprint density at radius 1 is 0.833 bits per heavy atom. The zero-order valence-corrected chi connectivity index (χ0v) is 17.0. The van der Waals surface area contributed by atoms with Crippen LogP contribution in [-0.2, 0) is 11.3 Å². The lowest BCUT2D eigenvalue weighted by Crippen LogP contribution is -2.43. The molecule has 1 unspecified atom stereocenters. The summed E-state index contributed by atoms with van der Waals surface area (Å²) in [5.74, 6) is -0.281. The first-order valence-corrected chi connectivity index (χ1v) is 10.0. The number of carbonyl (C=O) groups excluding carboxylic acids is 2. The van der Waals surface area contributed by atoms with Crippen LogP contribution in [0.4, 0.5) is 16.2 Å². The van der Waals surface area contributed by atoms with Gasteiger partial charge in [0.1, 0.15) is 6.04 Å². The maximum Gasteiger partial charge on any atom is 0.319 e. The molecule has 0 aliphatic rings. The summed E-state index contributed by atoms with van der Waals surface area (Å²) >= 11 is 0. The third-order valence-corrected chi connectivity index (χ3v) is 5.13. The number of anilines is 2. The highest BCUT2D eigenvalue weighted by Gasteiger charge is 2.17. The summed E-state index contributed by atoms with van der Waals surface area (Å²) < 4.78 is 2.26. The van der Waals surface area contributed by atoms with E-state index < -0.39 is 12.1 Å². The minimum atomic E-state index is -0.693. The van der Waals surface area contributed by atoms with E-state index in [4.69, 9.17) is 0 Å². The Hall–Kier alpha value is -3.80. The van der Waals surface area contributed by atoms with Gasteiger partial charge in [-0.25, -0.2) is 4.79 Å². The number of urea groups is 1. The van der Waals surface area contributed by atoms with Crippen molar-refractivity contribution in [2.75, 3.05) is 10.6 Å². The maximum atomic E-state index is 12.6. The predicted octanol–water partition coefficient (Wildman–Crippen LogP) is 4.96. The van der Waals surface area contributed by atoms with Gasteiger partial charge in [-0.2, -0.15) is 0 Å². The van der Waals surface area contributed by atoms with Gasteiger partial charge in [-0.05, 0) is 50.2 Å². The van der Waals surface area contributed by atoms with E-state index >= 15 is 0 Å². The molecule has 4 rings (SSSR count). The van der Waals surface area contributed by atoms with Crippen LogP contribution < -0.4 is 16.0 Å². The number of amides is 3. The first-order chi connectivity index (χ1) is 14.6. The molecule has 152 valence electrons. The molecule has 6 nitrogen and oxygen atoms in total. The fraction of sp³-hybridized carbons (Fsp3) is 0.167. The fourth-order valence-electron chi connectivity index (χ4n) is 3.67. The largest absolute Gasteiger partial charge is 0.341 e. The molecule has 0 spiro atoms. The van der Waals surface area contributed by atoms with Gasteiger partial charge in [0.05, 0.1) is 0 Å². The zero-order valence-electron chi connectivity index (χ0n) is 17.0. The molecule has 4 aromatic rings. The molecule has 6 heteroatoms. The fourth-order valence-corrected chi connectivity index (χ4v) is 3.67. The molecule has 1 heterocycles. The lowest BCUT2D eigenvalue weighted by atomic mass is 10.1. The van der Waals surface area contributed by atoms with Gasteiger partial charge < -0.3 is 20.5 Å². The first kappa shape index (κ1) is 19.5. The molecule has 0 radical (unpaired) electrons. The average Bonchev–Trinajstić information content (AvgIpc) is 3.07. The average molecular weight is 400 g/mol. The normalized spacial score (nSPS) is 11.9. The molecular formula is C24H24N4O2. The number of nitrogens with one attached hydrogen (secondary N) is 3. The van der Waals surface area contributed by atoms with Crippen molar-refractivity contribution in [3.8, 4) is 0 Å². The first-order valence-electron chi connectivity index (χ1n) is 10.0. The quantitative estimate of drug-likeness (QED) is 0.443. The van der Waals surface area contributed by atoms with E-state index in [2.05, 4.69) is 39.6 Å². The number of nitrogens with zero attached hydrogens (tertiary/aromatic N) is 1. The number of aryl methyl sites for hydroxylation is 1. The summed E-state index contributed by atoms with van der Waals surface area (Å²) in [6.07, 6.45) is 0. The molecule has 1 aromatic heterocycles. The highest BCUT2D eigenvalue weighted by molar-refractivity contribution is 6.10. The van der Waals surface area contributed by atoms with Crippen molar-refractivity contribution in [1.82, 2.24) is 9.88 Å². The van der Waals surface area contributed by atoms with E-state index in [1.165, 1.54) is 5.52 Å². The summed E-state index contributed by atoms with van der Waals surface area (Å²) in [5.41, 5.74) is 3.67. The highest BCUT2D eigenvalue weighted by atomic mass is 16.2. The van der Waals surface area contributed by atoms with E-state index in [-0.39, 0.29) is 5.91 Å². The number of hydrogen-bond acceptors (Lipinski definition) is 2. The predicted molar refractivity (Wildman–Crippen MR) is 122 cm³/mol. The van der Waals surface area contributed by atoms with Crippen molar-refractivity contribution in [3.63, 3.8) is 0 Å². The Labute approximate surface area is 174 Å². The van der Waals surface area contributed by atoms with Crippen LogP contribution in [0.25, 0.3) is 21.8 Å². The number of aromatic nitrogens is 1. The summed E-state index contributed by atoms with van der Waals surface area (Å²) in [5, 5.41) is 10.5. The Morgan fingerprint density at radius 2 is 1.53 bits per heavy atom. The van der Waals surface area contributed by atoms with Crippen molar-refractivity contribution in [3.05, 3.63) is 72.8 Å². The highest BCUT2D eigenvalue weighted by Crippen LogP contribution is 2.31. The minimum Gasteiger partial charge on any atom is -0.341 e. The van der Waals surface area contributed by atoms with Crippen LogP contribution in [0.5, 0.6) is 0 Å². The molecule has 3 aromatic carbocycles. The van der Waals surface area contributed by atoms with Gasteiger partial charge in [0, 0.05) is 39.7 Å². The number of fused-ring (bicyclic) bond motifs is 3. The van der Waals surface area contributed by atoms with Crippen molar-refractivity contribution in [2.45, 2.75) is 26.4 Å². The number of rotatable bonds is 5. The van der Waals surface area contributed by atoms with E-state index in [0.29, 0.717) is 11.4 Å². The number of carbonyl (C=O) groups is 2. The lowest BCUT2D eigenvalue weighted by Gasteiger charge is -2.15. The lowest BCUT2D eigenvalue weighted by molar-refractivity contribution is -0.117. The minimum absolute atomic E-state index is 0.281. The molecule has 1 atom stereocenters. The van der Waals surface area contributed by atoms with Gasteiger partial charge >= 0.3 is 6.03 Å². The van der Waals surface area contributed by atoms with Crippen LogP contribution in [0.3, 0.4) is 0 Å². The SMILES string of the molecule is CCn1c2ccccc2c2cc(NC(=O)C(C)NC(=O)Nc3ccccc3)ccc21. The molecule has 3 amide bonds. The Bertz CT molecular complexity index is 1210. The van der Waals surface area contributed by atoms with E-state index in [0.717, 1.165) is 22.8 Å². The standard InChI is InChI=1S/C24H24N4O2/c1-3-28-21-12-8-7-11-19(21)20-15-18(13-14-22(20)28)26-23(29)16(2)25-24(30)27-17-9-5-4-6-10-17/h4-16H,3H2,1-2H3,(H,26,29)(H2,25,27,30). The van der Waals surface area contributed by atoms with E-state index in [9.17, 15) is 9.59 Å². The monoisotopic (exact) mass is 400 g/mol. The molecule has 0 saturated heterocycles. The van der Waals surface area contributed by atoms with Crippen molar-refractivity contribution >= 4 is 45.1 Å².